The highest BCUT2D eigenvalue weighted by atomic mass is 16.1. The molecule has 1 N–H and O–H groups in total. The number of nitrogens with one attached hydrogen (secondary N) is 1. The molecule has 0 spiro atoms. The molecular weight excluding hydrogens is 248 g/mol. The van der Waals surface area contributed by atoms with Gasteiger partial charge in [0, 0.05) is 6.54 Å². The Morgan fingerprint density at radius 3 is 2.50 bits per heavy atom. The van der Waals surface area contributed by atoms with Gasteiger partial charge in [-0.05, 0) is 37.0 Å². The first-order chi connectivity index (χ1) is 9.84. The molecule has 0 radical (unpaired) electrons. The average molecular weight is 266 g/mol. The maximum absolute atomic E-state index is 11.9. The van der Waals surface area contributed by atoms with Gasteiger partial charge >= 0.3 is 5.69 Å². The van der Waals surface area contributed by atoms with E-state index >= 15 is 0 Å². The zero-order valence-corrected chi connectivity index (χ0v) is 11.4. The number of aromatic amines is 1. The third kappa shape index (κ3) is 2.67. The van der Waals surface area contributed by atoms with Crippen molar-refractivity contribution >= 4 is 11.0 Å². The zero-order chi connectivity index (χ0) is 13.8. The number of aromatic nitrogens is 2. The van der Waals surface area contributed by atoms with Crippen molar-refractivity contribution in [2.75, 3.05) is 0 Å². The first-order valence-electron chi connectivity index (χ1n) is 7.06. The molecule has 2 aromatic carbocycles. The number of para-hydroxylation sites is 2. The summed E-state index contributed by atoms with van der Waals surface area (Å²) in [6.45, 7) is 0.773. The molecule has 3 aromatic rings. The number of benzene rings is 2. The molecule has 0 saturated heterocycles. The molecule has 3 rings (SSSR count). The van der Waals surface area contributed by atoms with E-state index in [0.717, 1.165) is 36.8 Å². The number of imidazole rings is 1. The summed E-state index contributed by atoms with van der Waals surface area (Å²) in [6.07, 6.45) is 3.17. The fraction of sp³-hybridized carbons (Fsp3) is 0.235. The molecule has 0 atom stereocenters. The fourth-order valence-electron chi connectivity index (χ4n) is 2.57. The SMILES string of the molecule is O=c1[nH]c2ccccc2n1CCCCc1ccccc1. The Hall–Kier alpha value is -2.29. The largest absolute Gasteiger partial charge is 0.326 e. The molecule has 0 fully saturated rings. The van der Waals surface area contributed by atoms with Crippen LogP contribution < -0.4 is 5.69 Å². The van der Waals surface area contributed by atoms with Gasteiger partial charge in [0.1, 0.15) is 0 Å². The molecule has 3 heteroatoms. The first kappa shape index (κ1) is 12.7. The second-order valence-electron chi connectivity index (χ2n) is 5.04. The molecule has 1 heterocycles. The van der Waals surface area contributed by atoms with Crippen molar-refractivity contribution in [2.24, 2.45) is 0 Å². The molecule has 1 aromatic heterocycles. The van der Waals surface area contributed by atoms with Gasteiger partial charge in [0.05, 0.1) is 11.0 Å². The van der Waals surface area contributed by atoms with Gasteiger partial charge < -0.3 is 4.98 Å². The third-order valence-electron chi connectivity index (χ3n) is 3.62. The molecule has 20 heavy (non-hydrogen) atoms. The van der Waals surface area contributed by atoms with Gasteiger partial charge in [-0.25, -0.2) is 4.79 Å². The molecule has 0 saturated carbocycles. The van der Waals surface area contributed by atoms with Crippen LogP contribution in [0.4, 0.5) is 0 Å². The predicted octanol–water partition coefficient (Wildman–Crippen LogP) is 3.35. The fourth-order valence-corrected chi connectivity index (χ4v) is 2.57. The summed E-state index contributed by atoms with van der Waals surface area (Å²) in [6, 6.07) is 18.3. The highest BCUT2D eigenvalue weighted by Crippen LogP contribution is 2.11. The number of rotatable bonds is 5. The second kappa shape index (κ2) is 5.78. The van der Waals surface area contributed by atoms with E-state index < -0.39 is 0 Å². The maximum atomic E-state index is 11.9. The van der Waals surface area contributed by atoms with E-state index in [9.17, 15) is 4.79 Å². The Morgan fingerprint density at radius 2 is 1.65 bits per heavy atom. The molecule has 0 unspecified atom stereocenters. The van der Waals surface area contributed by atoms with Gasteiger partial charge in [0.25, 0.3) is 0 Å². The van der Waals surface area contributed by atoms with Crippen LogP contribution in [0.25, 0.3) is 11.0 Å². The normalized spacial score (nSPS) is 11.0. The lowest BCUT2D eigenvalue weighted by atomic mass is 10.1. The summed E-state index contributed by atoms with van der Waals surface area (Å²) in [7, 11) is 0. The Bertz CT molecular complexity index is 740. The Labute approximate surface area is 117 Å². The quantitative estimate of drug-likeness (QED) is 0.706. The van der Waals surface area contributed by atoms with E-state index in [1.54, 1.807) is 0 Å². The number of aryl methyl sites for hydroxylation is 2. The van der Waals surface area contributed by atoms with E-state index in [2.05, 4.69) is 29.2 Å². The van der Waals surface area contributed by atoms with Crippen molar-refractivity contribution in [1.82, 2.24) is 9.55 Å². The van der Waals surface area contributed by atoms with Crippen LogP contribution in [0.15, 0.2) is 59.4 Å². The molecule has 0 aliphatic rings. The summed E-state index contributed by atoms with van der Waals surface area (Å²) in [4.78, 5) is 14.8. The van der Waals surface area contributed by atoms with Crippen molar-refractivity contribution < 1.29 is 0 Å². The van der Waals surface area contributed by atoms with Gasteiger partial charge in [-0.3, -0.25) is 4.57 Å². The topological polar surface area (TPSA) is 37.8 Å². The standard InChI is InChI=1S/C17H18N2O/c20-17-18-15-11-4-5-12-16(15)19(17)13-7-6-10-14-8-2-1-3-9-14/h1-5,8-9,11-12H,6-7,10,13H2,(H,18,20). The van der Waals surface area contributed by atoms with Crippen LogP contribution in [-0.4, -0.2) is 9.55 Å². The smallest absolute Gasteiger partial charge is 0.306 e. The number of hydrogen-bond donors (Lipinski definition) is 1. The van der Waals surface area contributed by atoms with E-state index in [0.29, 0.717) is 0 Å². The molecule has 0 aliphatic heterocycles. The molecular formula is C17H18N2O. The lowest BCUT2D eigenvalue weighted by Gasteiger charge is -2.04. The monoisotopic (exact) mass is 266 g/mol. The summed E-state index contributed by atoms with van der Waals surface area (Å²) in [5, 5.41) is 0. The summed E-state index contributed by atoms with van der Waals surface area (Å²) in [5.41, 5.74) is 3.27. The lowest BCUT2D eigenvalue weighted by molar-refractivity contribution is 0.607. The Morgan fingerprint density at radius 1 is 0.900 bits per heavy atom. The minimum absolute atomic E-state index is 0.00842. The highest BCUT2D eigenvalue weighted by molar-refractivity contribution is 5.74. The summed E-state index contributed by atoms with van der Waals surface area (Å²) in [5.74, 6) is 0. The van der Waals surface area contributed by atoms with E-state index in [4.69, 9.17) is 0 Å². The summed E-state index contributed by atoms with van der Waals surface area (Å²) < 4.78 is 1.83. The minimum Gasteiger partial charge on any atom is -0.306 e. The van der Waals surface area contributed by atoms with Crippen molar-refractivity contribution in [2.45, 2.75) is 25.8 Å². The third-order valence-corrected chi connectivity index (χ3v) is 3.62. The van der Waals surface area contributed by atoms with E-state index in [1.807, 2.05) is 34.9 Å². The molecule has 0 aliphatic carbocycles. The number of hydrogen-bond acceptors (Lipinski definition) is 1. The second-order valence-corrected chi connectivity index (χ2v) is 5.04. The molecule has 3 nitrogen and oxygen atoms in total. The Kier molecular flexibility index (Phi) is 3.68. The molecule has 102 valence electrons. The zero-order valence-electron chi connectivity index (χ0n) is 11.4. The molecule has 0 amide bonds. The van der Waals surface area contributed by atoms with Gasteiger partial charge in [-0.1, -0.05) is 42.5 Å². The van der Waals surface area contributed by atoms with Crippen LogP contribution in [0.5, 0.6) is 0 Å². The van der Waals surface area contributed by atoms with Gasteiger partial charge in [0.15, 0.2) is 0 Å². The van der Waals surface area contributed by atoms with Gasteiger partial charge in [-0.2, -0.15) is 0 Å². The van der Waals surface area contributed by atoms with Crippen molar-refractivity contribution in [1.29, 1.82) is 0 Å². The first-order valence-corrected chi connectivity index (χ1v) is 7.06. The number of H-pyrrole nitrogens is 1. The Balaban J connectivity index is 1.63. The van der Waals surface area contributed by atoms with Crippen LogP contribution in [0.1, 0.15) is 18.4 Å². The summed E-state index contributed by atoms with van der Waals surface area (Å²) >= 11 is 0. The van der Waals surface area contributed by atoms with Gasteiger partial charge in [0.2, 0.25) is 0 Å². The van der Waals surface area contributed by atoms with Crippen LogP contribution in [0, 0.1) is 0 Å². The number of fused-ring (bicyclic) bond motifs is 1. The average Bonchev–Trinajstić information content (AvgIpc) is 2.80. The van der Waals surface area contributed by atoms with Crippen LogP contribution in [0.3, 0.4) is 0 Å². The van der Waals surface area contributed by atoms with Crippen LogP contribution in [0.2, 0.25) is 0 Å². The maximum Gasteiger partial charge on any atom is 0.326 e. The van der Waals surface area contributed by atoms with Gasteiger partial charge in [-0.15, -0.1) is 0 Å². The number of nitrogens with zero attached hydrogens (tertiary/aromatic N) is 1. The lowest BCUT2D eigenvalue weighted by Crippen LogP contribution is -2.16. The predicted molar refractivity (Wildman–Crippen MR) is 81.9 cm³/mol. The van der Waals surface area contributed by atoms with Crippen molar-refractivity contribution in [3.63, 3.8) is 0 Å². The minimum atomic E-state index is -0.00842. The van der Waals surface area contributed by atoms with Crippen LogP contribution in [-0.2, 0) is 13.0 Å². The number of unbranched alkanes of at least 4 members (excludes halogenated alkanes) is 1. The highest BCUT2D eigenvalue weighted by Gasteiger charge is 2.04. The van der Waals surface area contributed by atoms with Crippen molar-refractivity contribution in [3.8, 4) is 0 Å². The molecule has 0 bridgehead atoms. The van der Waals surface area contributed by atoms with Crippen LogP contribution >= 0.6 is 0 Å². The van der Waals surface area contributed by atoms with E-state index in [1.165, 1.54) is 5.56 Å². The van der Waals surface area contributed by atoms with Crippen molar-refractivity contribution in [3.05, 3.63) is 70.6 Å². The van der Waals surface area contributed by atoms with E-state index in [-0.39, 0.29) is 5.69 Å².